The van der Waals surface area contributed by atoms with Gasteiger partial charge in [0.15, 0.2) is 6.61 Å². The van der Waals surface area contributed by atoms with Crippen molar-refractivity contribution in [2.24, 2.45) is 0 Å². The smallest absolute Gasteiger partial charge is 0.330 e. The highest BCUT2D eigenvalue weighted by molar-refractivity contribution is 8.01. The van der Waals surface area contributed by atoms with Crippen LogP contribution in [0, 0.1) is 0 Å². The summed E-state index contributed by atoms with van der Waals surface area (Å²) < 4.78 is 5.31. The number of carbonyl (C=O) groups is 3. The van der Waals surface area contributed by atoms with Crippen LogP contribution in [0.25, 0.3) is 10.9 Å². The van der Waals surface area contributed by atoms with E-state index in [4.69, 9.17) is 4.74 Å². The third kappa shape index (κ3) is 2.94. The summed E-state index contributed by atoms with van der Waals surface area (Å²) in [6, 6.07) is 5.24. The van der Waals surface area contributed by atoms with E-state index in [2.05, 4.69) is 11.9 Å². The second kappa shape index (κ2) is 6.71. The number of nitrogens with one attached hydrogen (secondary N) is 1. The fourth-order valence-electron chi connectivity index (χ4n) is 4.05. The Labute approximate surface area is 161 Å². The number of aromatic nitrogens is 1. The van der Waals surface area contributed by atoms with Crippen LogP contribution in [-0.4, -0.2) is 50.8 Å². The monoisotopic (exact) mass is 386 g/mol. The van der Waals surface area contributed by atoms with Crippen molar-refractivity contribution < 1.29 is 19.1 Å². The van der Waals surface area contributed by atoms with Crippen LogP contribution in [0.5, 0.6) is 0 Å². The van der Waals surface area contributed by atoms with Gasteiger partial charge in [-0.2, -0.15) is 0 Å². The molecule has 2 aliphatic heterocycles. The molecule has 0 saturated carbocycles. The number of para-hydroxylation sites is 1. The lowest BCUT2D eigenvalue weighted by molar-refractivity contribution is -0.152. The molecule has 2 saturated heterocycles. The molecule has 0 bridgehead atoms. The van der Waals surface area contributed by atoms with E-state index in [0.717, 1.165) is 29.3 Å². The van der Waals surface area contributed by atoms with Crippen LogP contribution >= 0.6 is 11.8 Å². The van der Waals surface area contributed by atoms with Crippen LogP contribution < -0.4 is 0 Å². The standard InChI is InChI=1S/C20H22N2O4S/c1-3-12-5-4-6-13-14(9-21-18(12)13)16(23)10-26-19(25)15-11-27-20(2)8-7-17(24)22(15)20/h4-6,9,15,21H,3,7-8,10-11H2,1-2H3/t15-,20+/m1/s1. The molecule has 1 N–H and O–H groups in total. The van der Waals surface area contributed by atoms with Gasteiger partial charge in [0.2, 0.25) is 11.7 Å². The molecule has 3 heterocycles. The Kier molecular flexibility index (Phi) is 4.50. The van der Waals surface area contributed by atoms with E-state index in [1.54, 1.807) is 22.9 Å². The zero-order valence-corrected chi connectivity index (χ0v) is 16.2. The van der Waals surface area contributed by atoms with E-state index in [-0.39, 0.29) is 23.2 Å². The second-order valence-electron chi connectivity index (χ2n) is 7.19. The Bertz CT molecular complexity index is 937. The van der Waals surface area contributed by atoms with Crippen molar-refractivity contribution in [2.45, 2.75) is 44.0 Å². The maximum absolute atomic E-state index is 12.6. The number of fused-ring (bicyclic) bond motifs is 2. The molecule has 142 valence electrons. The summed E-state index contributed by atoms with van der Waals surface area (Å²) in [5, 5.41) is 0.842. The highest BCUT2D eigenvalue weighted by Gasteiger charge is 2.53. The van der Waals surface area contributed by atoms with Gasteiger partial charge in [-0.15, -0.1) is 11.8 Å². The van der Waals surface area contributed by atoms with Gasteiger partial charge in [-0.05, 0) is 25.3 Å². The van der Waals surface area contributed by atoms with Gasteiger partial charge in [-0.25, -0.2) is 4.79 Å². The van der Waals surface area contributed by atoms with Gasteiger partial charge >= 0.3 is 5.97 Å². The summed E-state index contributed by atoms with van der Waals surface area (Å²) in [6.07, 6.45) is 3.74. The fourth-order valence-corrected chi connectivity index (χ4v) is 5.46. The lowest BCUT2D eigenvalue weighted by atomic mass is 10.1. The Morgan fingerprint density at radius 3 is 3.00 bits per heavy atom. The normalized spacial score (nSPS) is 24.4. The van der Waals surface area contributed by atoms with Crippen molar-refractivity contribution >= 4 is 40.3 Å². The number of ether oxygens (including phenoxy) is 1. The van der Waals surface area contributed by atoms with Gasteiger partial charge in [-0.1, -0.05) is 25.1 Å². The van der Waals surface area contributed by atoms with Crippen molar-refractivity contribution in [3.63, 3.8) is 0 Å². The number of H-pyrrole nitrogens is 1. The van der Waals surface area contributed by atoms with Crippen molar-refractivity contribution in [3.8, 4) is 0 Å². The first kappa shape index (κ1) is 18.1. The number of aromatic amines is 1. The van der Waals surface area contributed by atoms with E-state index in [0.29, 0.717) is 17.7 Å². The van der Waals surface area contributed by atoms with E-state index >= 15 is 0 Å². The number of Topliss-reactive ketones (excluding diaryl/α,β-unsaturated/α-hetero) is 1. The molecule has 0 spiro atoms. The largest absolute Gasteiger partial charge is 0.456 e. The van der Waals surface area contributed by atoms with Crippen LogP contribution in [0.1, 0.15) is 42.6 Å². The second-order valence-corrected chi connectivity index (χ2v) is 8.69. The minimum atomic E-state index is -0.600. The molecular formula is C20H22N2O4S. The average Bonchev–Trinajstić information content (AvgIpc) is 3.32. The summed E-state index contributed by atoms with van der Waals surface area (Å²) >= 11 is 1.61. The minimum absolute atomic E-state index is 0.0144. The van der Waals surface area contributed by atoms with E-state index in [1.165, 1.54) is 0 Å². The molecular weight excluding hydrogens is 364 g/mol. The van der Waals surface area contributed by atoms with Crippen molar-refractivity contribution in [2.75, 3.05) is 12.4 Å². The molecule has 2 aromatic rings. The fraction of sp³-hybridized carbons (Fsp3) is 0.450. The highest BCUT2D eigenvalue weighted by Crippen LogP contribution is 2.47. The number of benzene rings is 1. The van der Waals surface area contributed by atoms with Gasteiger partial charge < -0.3 is 14.6 Å². The summed E-state index contributed by atoms with van der Waals surface area (Å²) in [7, 11) is 0. The molecule has 1 amide bonds. The zero-order chi connectivity index (χ0) is 19.2. The number of amides is 1. The van der Waals surface area contributed by atoms with Crippen LogP contribution in [0.3, 0.4) is 0 Å². The first-order chi connectivity index (χ1) is 12.9. The number of nitrogens with zero attached hydrogens (tertiary/aromatic N) is 1. The Morgan fingerprint density at radius 1 is 1.41 bits per heavy atom. The Morgan fingerprint density at radius 2 is 2.22 bits per heavy atom. The summed E-state index contributed by atoms with van der Waals surface area (Å²) in [5.74, 6) is -0.241. The molecule has 2 aliphatic rings. The number of rotatable bonds is 5. The van der Waals surface area contributed by atoms with Crippen LogP contribution in [0.2, 0.25) is 0 Å². The predicted octanol–water partition coefficient (Wildman–Crippen LogP) is 2.91. The SMILES string of the molecule is CCc1cccc2c(C(=O)COC(=O)[C@H]3CS[C@@]4(C)CCC(=O)N34)c[nH]c12. The van der Waals surface area contributed by atoms with E-state index < -0.39 is 12.0 Å². The van der Waals surface area contributed by atoms with Crippen LogP contribution in [0.4, 0.5) is 0 Å². The molecule has 1 aromatic carbocycles. The zero-order valence-electron chi connectivity index (χ0n) is 15.4. The Hall–Kier alpha value is -2.28. The molecule has 1 aromatic heterocycles. The Balaban J connectivity index is 1.46. The van der Waals surface area contributed by atoms with Crippen molar-refractivity contribution in [1.82, 2.24) is 9.88 Å². The number of hydrogen-bond donors (Lipinski definition) is 1. The highest BCUT2D eigenvalue weighted by atomic mass is 32.2. The third-order valence-electron chi connectivity index (χ3n) is 5.55. The topological polar surface area (TPSA) is 79.5 Å². The van der Waals surface area contributed by atoms with Gasteiger partial charge in [-0.3, -0.25) is 9.59 Å². The molecule has 0 radical (unpaired) electrons. The number of hydrogen-bond acceptors (Lipinski definition) is 5. The molecule has 0 unspecified atom stereocenters. The maximum Gasteiger partial charge on any atom is 0.330 e. The van der Waals surface area contributed by atoms with E-state index in [1.807, 2.05) is 25.1 Å². The van der Waals surface area contributed by atoms with Gasteiger partial charge in [0.05, 0.1) is 4.87 Å². The van der Waals surface area contributed by atoms with Gasteiger partial charge in [0.25, 0.3) is 0 Å². The maximum atomic E-state index is 12.6. The lowest BCUT2D eigenvalue weighted by Gasteiger charge is -2.29. The van der Waals surface area contributed by atoms with E-state index in [9.17, 15) is 14.4 Å². The van der Waals surface area contributed by atoms with Gasteiger partial charge in [0, 0.05) is 34.8 Å². The molecule has 27 heavy (non-hydrogen) atoms. The number of aryl methyl sites for hydroxylation is 1. The predicted molar refractivity (Wildman–Crippen MR) is 104 cm³/mol. The first-order valence-corrected chi connectivity index (χ1v) is 10.2. The molecule has 0 aliphatic carbocycles. The lowest BCUT2D eigenvalue weighted by Crippen LogP contribution is -2.46. The molecule has 4 rings (SSSR count). The minimum Gasteiger partial charge on any atom is -0.456 e. The van der Waals surface area contributed by atoms with Crippen LogP contribution in [0.15, 0.2) is 24.4 Å². The quantitative estimate of drug-likeness (QED) is 0.631. The van der Waals surface area contributed by atoms with Crippen molar-refractivity contribution in [1.29, 1.82) is 0 Å². The molecule has 2 fully saturated rings. The van der Waals surface area contributed by atoms with Crippen LogP contribution in [-0.2, 0) is 20.7 Å². The van der Waals surface area contributed by atoms with Gasteiger partial charge in [0.1, 0.15) is 6.04 Å². The number of carbonyl (C=O) groups excluding carboxylic acids is 3. The number of ketones is 1. The summed E-state index contributed by atoms with van der Waals surface area (Å²) in [5.41, 5.74) is 2.61. The number of thioether (sulfide) groups is 1. The average molecular weight is 386 g/mol. The first-order valence-electron chi connectivity index (χ1n) is 9.19. The number of esters is 1. The third-order valence-corrected chi connectivity index (χ3v) is 7.05. The molecule has 6 nitrogen and oxygen atoms in total. The summed E-state index contributed by atoms with van der Waals surface area (Å²) in [6.45, 7) is 3.73. The molecule has 7 heteroatoms. The molecule has 2 atom stereocenters. The summed E-state index contributed by atoms with van der Waals surface area (Å²) in [4.78, 5) is 41.8. The van der Waals surface area contributed by atoms with Crippen molar-refractivity contribution in [3.05, 3.63) is 35.5 Å².